The monoisotopic (exact) mass is 370 g/mol. The molecule has 2 aromatic heterocycles. The van der Waals surface area contributed by atoms with Crippen molar-refractivity contribution in [3.63, 3.8) is 0 Å². The van der Waals surface area contributed by atoms with Crippen LogP contribution in [0.2, 0.25) is 0 Å². The summed E-state index contributed by atoms with van der Waals surface area (Å²) in [6.07, 6.45) is 1.51. The molecule has 1 aromatic carbocycles. The van der Waals surface area contributed by atoms with E-state index in [1.165, 1.54) is 6.33 Å². The number of aliphatic hydroxyl groups is 1. The van der Waals surface area contributed by atoms with Crippen LogP contribution in [0.3, 0.4) is 0 Å². The van der Waals surface area contributed by atoms with E-state index in [0.717, 1.165) is 0 Å². The van der Waals surface area contributed by atoms with Gasteiger partial charge in [0.2, 0.25) is 0 Å². The third-order valence-corrected chi connectivity index (χ3v) is 4.40. The van der Waals surface area contributed by atoms with Gasteiger partial charge in [0.1, 0.15) is 18.7 Å². The van der Waals surface area contributed by atoms with Crippen molar-refractivity contribution >= 4 is 22.9 Å². The zero-order valence-electron chi connectivity index (χ0n) is 14.2. The number of hydrogen-bond donors (Lipinski definition) is 3. The maximum Gasteiger partial charge on any atom is 0.256 e. The second-order valence-electron chi connectivity index (χ2n) is 6.13. The number of anilines is 1. The fourth-order valence-electron chi connectivity index (χ4n) is 3.05. The minimum atomic E-state index is -0.713. The standard InChI is InChI=1S/C17H18N6O4/c18-26-7-12-11(24)6-13(27-12)23-9-21-14-15(19-8-20-16(14)23)22-17(25)10-4-2-1-3-5-10/h1-5,8-9,11-13,24H,6-7,18H2,(H,19,20,22,25)/t11-,12+,13+/m0/s1. The number of benzene rings is 1. The quantitative estimate of drug-likeness (QED) is 0.556. The van der Waals surface area contributed by atoms with Crippen molar-refractivity contribution < 1.29 is 19.5 Å². The van der Waals surface area contributed by atoms with Crippen molar-refractivity contribution in [1.82, 2.24) is 19.5 Å². The molecule has 1 fully saturated rings. The van der Waals surface area contributed by atoms with E-state index in [9.17, 15) is 9.90 Å². The van der Waals surface area contributed by atoms with Gasteiger partial charge in [-0.25, -0.2) is 20.8 Å². The molecule has 4 N–H and O–H groups in total. The summed E-state index contributed by atoms with van der Waals surface area (Å²) >= 11 is 0. The van der Waals surface area contributed by atoms with E-state index in [-0.39, 0.29) is 12.5 Å². The van der Waals surface area contributed by atoms with Gasteiger partial charge in [0.15, 0.2) is 17.0 Å². The maximum absolute atomic E-state index is 12.4. The Bertz CT molecular complexity index is 947. The van der Waals surface area contributed by atoms with E-state index in [2.05, 4.69) is 25.1 Å². The molecule has 140 valence electrons. The van der Waals surface area contributed by atoms with Crippen LogP contribution in [0, 0.1) is 0 Å². The van der Waals surface area contributed by atoms with Crippen molar-refractivity contribution in [2.24, 2.45) is 5.90 Å². The topological polar surface area (TPSA) is 137 Å². The number of aliphatic hydroxyl groups excluding tert-OH is 1. The van der Waals surface area contributed by atoms with Gasteiger partial charge in [-0.15, -0.1) is 0 Å². The van der Waals surface area contributed by atoms with Gasteiger partial charge < -0.3 is 20.0 Å². The van der Waals surface area contributed by atoms with E-state index >= 15 is 0 Å². The Balaban J connectivity index is 1.60. The largest absolute Gasteiger partial charge is 0.390 e. The number of rotatable bonds is 5. The number of fused-ring (bicyclic) bond motifs is 1. The molecule has 0 aliphatic carbocycles. The molecule has 0 unspecified atom stereocenters. The number of ether oxygens (including phenoxy) is 1. The van der Waals surface area contributed by atoms with Crippen LogP contribution in [0.4, 0.5) is 5.82 Å². The Kier molecular flexibility index (Phi) is 4.77. The lowest BCUT2D eigenvalue weighted by molar-refractivity contribution is -0.0620. The number of amides is 1. The van der Waals surface area contributed by atoms with E-state index in [1.54, 1.807) is 35.2 Å². The molecule has 1 amide bonds. The van der Waals surface area contributed by atoms with E-state index < -0.39 is 18.4 Å². The molecular weight excluding hydrogens is 352 g/mol. The van der Waals surface area contributed by atoms with Crippen molar-refractivity contribution in [2.45, 2.75) is 24.9 Å². The normalized spacial score (nSPS) is 22.2. The first kappa shape index (κ1) is 17.5. The third kappa shape index (κ3) is 3.38. The molecule has 0 spiro atoms. The van der Waals surface area contributed by atoms with Gasteiger partial charge >= 0.3 is 0 Å². The average molecular weight is 370 g/mol. The zero-order valence-corrected chi connectivity index (χ0v) is 14.2. The highest BCUT2D eigenvalue weighted by Crippen LogP contribution is 2.31. The summed E-state index contributed by atoms with van der Waals surface area (Å²) in [4.78, 5) is 29.6. The molecule has 27 heavy (non-hydrogen) atoms. The number of nitrogens with one attached hydrogen (secondary N) is 1. The summed E-state index contributed by atoms with van der Waals surface area (Å²) in [5.41, 5.74) is 1.42. The highest BCUT2D eigenvalue weighted by atomic mass is 16.6. The molecule has 1 aliphatic rings. The molecule has 0 saturated carbocycles. The smallest absolute Gasteiger partial charge is 0.256 e. The molecular formula is C17H18N6O4. The van der Waals surface area contributed by atoms with Crippen molar-refractivity contribution in [3.05, 3.63) is 48.5 Å². The van der Waals surface area contributed by atoms with Crippen molar-refractivity contribution in [2.75, 3.05) is 11.9 Å². The van der Waals surface area contributed by atoms with Gasteiger partial charge in [0.05, 0.1) is 19.0 Å². The number of hydrogen-bond acceptors (Lipinski definition) is 8. The van der Waals surface area contributed by atoms with Gasteiger partial charge in [-0.05, 0) is 12.1 Å². The molecule has 4 rings (SSSR count). The Hall–Kier alpha value is -2.92. The second kappa shape index (κ2) is 7.37. The Morgan fingerprint density at radius 1 is 1.33 bits per heavy atom. The minimum Gasteiger partial charge on any atom is -0.390 e. The SMILES string of the molecule is NOC[C@H]1O[C@@H](n2cnc3c(NC(=O)c4ccccc4)ncnc32)C[C@@H]1O. The first-order valence-electron chi connectivity index (χ1n) is 8.36. The lowest BCUT2D eigenvalue weighted by Crippen LogP contribution is -2.27. The van der Waals surface area contributed by atoms with Crippen molar-refractivity contribution in [3.8, 4) is 0 Å². The van der Waals surface area contributed by atoms with E-state index in [1.807, 2.05) is 6.07 Å². The first-order chi connectivity index (χ1) is 13.2. The molecule has 1 aliphatic heterocycles. The predicted molar refractivity (Wildman–Crippen MR) is 94.4 cm³/mol. The summed E-state index contributed by atoms with van der Waals surface area (Å²) in [6, 6.07) is 8.81. The molecule has 1 saturated heterocycles. The molecule has 0 bridgehead atoms. The van der Waals surface area contributed by atoms with Crippen molar-refractivity contribution in [1.29, 1.82) is 0 Å². The molecule has 3 heterocycles. The van der Waals surface area contributed by atoms with Crippen LogP contribution in [0.5, 0.6) is 0 Å². The molecule has 10 nitrogen and oxygen atoms in total. The lowest BCUT2D eigenvalue weighted by Gasteiger charge is -2.14. The fourth-order valence-corrected chi connectivity index (χ4v) is 3.05. The molecule has 3 atom stereocenters. The van der Waals surface area contributed by atoms with Crippen LogP contribution in [0.25, 0.3) is 11.2 Å². The van der Waals surface area contributed by atoms with Crippen LogP contribution < -0.4 is 11.2 Å². The number of imidazole rings is 1. The number of aromatic nitrogens is 4. The number of carbonyl (C=O) groups excluding carboxylic acids is 1. The third-order valence-electron chi connectivity index (χ3n) is 4.40. The van der Waals surface area contributed by atoms with Gasteiger partial charge in [-0.3, -0.25) is 9.36 Å². The molecule has 3 aromatic rings. The molecule has 0 radical (unpaired) electrons. The van der Waals surface area contributed by atoms with Crippen LogP contribution in [-0.4, -0.2) is 49.3 Å². The highest BCUT2D eigenvalue weighted by molar-refractivity contribution is 6.06. The van der Waals surface area contributed by atoms with Gasteiger partial charge in [-0.2, -0.15) is 0 Å². The fraction of sp³-hybridized carbons (Fsp3) is 0.294. The Morgan fingerprint density at radius 3 is 2.93 bits per heavy atom. The van der Waals surface area contributed by atoms with Crippen LogP contribution in [0.15, 0.2) is 43.0 Å². The average Bonchev–Trinajstić information content (AvgIpc) is 3.27. The predicted octanol–water partition coefficient (Wildman–Crippen LogP) is 0.617. The Morgan fingerprint density at radius 2 is 2.15 bits per heavy atom. The van der Waals surface area contributed by atoms with E-state index in [4.69, 9.17) is 10.6 Å². The Labute approximate surface area is 153 Å². The highest BCUT2D eigenvalue weighted by Gasteiger charge is 2.36. The van der Waals surface area contributed by atoms with Crippen LogP contribution in [-0.2, 0) is 9.57 Å². The summed E-state index contributed by atoms with van der Waals surface area (Å²) in [5.74, 6) is 5.07. The van der Waals surface area contributed by atoms with Crippen LogP contribution in [0.1, 0.15) is 23.0 Å². The number of carbonyl (C=O) groups is 1. The van der Waals surface area contributed by atoms with Gasteiger partial charge in [0, 0.05) is 12.0 Å². The van der Waals surface area contributed by atoms with Crippen LogP contribution >= 0.6 is 0 Å². The second-order valence-corrected chi connectivity index (χ2v) is 6.13. The van der Waals surface area contributed by atoms with E-state index in [0.29, 0.717) is 29.0 Å². The minimum absolute atomic E-state index is 0.0810. The summed E-state index contributed by atoms with van der Waals surface area (Å²) < 4.78 is 7.47. The molecule has 10 heteroatoms. The summed E-state index contributed by atoms with van der Waals surface area (Å²) in [7, 11) is 0. The zero-order chi connectivity index (χ0) is 18.8. The summed E-state index contributed by atoms with van der Waals surface area (Å²) in [5, 5.41) is 12.8. The number of nitrogens with zero attached hydrogens (tertiary/aromatic N) is 4. The first-order valence-corrected chi connectivity index (χ1v) is 8.36. The summed E-state index contributed by atoms with van der Waals surface area (Å²) in [6.45, 7) is 0.0810. The lowest BCUT2D eigenvalue weighted by atomic mass is 10.2. The van der Waals surface area contributed by atoms with Gasteiger partial charge in [-0.1, -0.05) is 18.2 Å². The number of nitrogens with two attached hydrogens (primary N) is 1. The maximum atomic E-state index is 12.4. The van der Waals surface area contributed by atoms with Gasteiger partial charge in [0.25, 0.3) is 5.91 Å².